The van der Waals surface area contributed by atoms with E-state index in [2.05, 4.69) is 132 Å². The van der Waals surface area contributed by atoms with Crippen LogP contribution in [-0.2, 0) is 0 Å². The Hall–Kier alpha value is -6.36. The third kappa shape index (κ3) is 5.66. The number of hydrogen-bond donors (Lipinski definition) is 0. The number of fused-ring (bicyclic) bond motifs is 6. The first-order valence-corrected chi connectivity index (χ1v) is 17.9. The van der Waals surface area contributed by atoms with Crippen LogP contribution >= 0.6 is 11.3 Å². The fraction of sp³-hybridized carbons (Fsp3) is 0.0213. The minimum Gasteiger partial charge on any atom is -0.309 e. The summed E-state index contributed by atoms with van der Waals surface area (Å²) in [6, 6.07) is 59.9. The standard InChI is InChI=1S/C47H33N3S/c1-31(33-14-6-3-7-15-33)48-47(34-16-8-4-9-17-34)49-32(2)35-23-26-45-41(28-35)42-30-37(24-27-46(42)51-45)36-22-25-44-40(29-36)39-20-12-13-21-43(39)50(44)38-18-10-5-11-19-38/h3-30H,2H2,1H3/b48-31+,49-47-. The normalized spacial score (nSPS) is 12.3. The molecule has 0 fully saturated rings. The lowest BCUT2D eigenvalue weighted by molar-refractivity contribution is 1.18. The summed E-state index contributed by atoms with van der Waals surface area (Å²) in [6.45, 7) is 6.45. The van der Waals surface area contributed by atoms with Crippen molar-refractivity contribution in [1.29, 1.82) is 0 Å². The summed E-state index contributed by atoms with van der Waals surface area (Å²) in [5, 5.41) is 4.94. The first-order valence-electron chi connectivity index (χ1n) is 17.1. The molecule has 0 aliphatic heterocycles. The first kappa shape index (κ1) is 30.7. The number of nitrogens with zero attached hydrogens (tertiary/aromatic N) is 3. The Morgan fingerprint density at radius 3 is 1.80 bits per heavy atom. The van der Waals surface area contributed by atoms with Gasteiger partial charge in [-0.2, -0.15) is 0 Å². The van der Waals surface area contributed by atoms with E-state index in [-0.39, 0.29) is 0 Å². The van der Waals surface area contributed by atoms with Crippen LogP contribution in [0.1, 0.15) is 23.6 Å². The molecule has 2 heterocycles. The molecule has 0 unspecified atom stereocenters. The van der Waals surface area contributed by atoms with Gasteiger partial charge in [0.15, 0.2) is 5.84 Å². The Labute approximate surface area is 300 Å². The summed E-state index contributed by atoms with van der Waals surface area (Å²) in [5.74, 6) is 0.642. The first-order chi connectivity index (χ1) is 25.1. The molecule has 7 aromatic carbocycles. The molecule has 0 aliphatic rings. The highest BCUT2D eigenvalue weighted by atomic mass is 32.1. The molecule has 3 nitrogen and oxygen atoms in total. The van der Waals surface area contributed by atoms with Crippen LogP contribution in [0.15, 0.2) is 186 Å². The van der Waals surface area contributed by atoms with E-state index in [9.17, 15) is 0 Å². The second-order valence-corrected chi connectivity index (χ2v) is 13.8. The van der Waals surface area contributed by atoms with Gasteiger partial charge in [0.25, 0.3) is 0 Å². The monoisotopic (exact) mass is 671 g/mol. The smallest absolute Gasteiger partial charge is 0.160 e. The molecule has 0 radical (unpaired) electrons. The van der Waals surface area contributed by atoms with Crippen molar-refractivity contribution in [3.63, 3.8) is 0 Å². The van der Waals surface area contributed by atoms with Crippen LogP contribution in [0.25, 0.3) is 64.5 Å². The summed E-state index contributed by atoms with van der Waals surface area (Å²) in [5.41, 5.74) is 10.5. The predicted octanol–water partition coefficient (Wildman–Crippen LogP) is 12.7. The average molecular weight is 672 g/mol. The molecule has 242 valence electrons. The molecule has 0 amide bonds. The zero-order chi connectivity index (χ0) is 34.3. The molecule has 0 saturated carbocycles. The van der Waals surface area contributed by atoms with Gasteiger partial charge >= 0.3 is 0 Å². The van der Waals surface area contributed by atoms with Crippen LogP contribution in [0.4, 0.5) is 0 Å². The molecular formula is C47H33N3S. The van der Waals surface area contributed by atoms with Gasteiger partial charge in [0, 0.05) is 53.5 Å². The predicted molar refractivity (Wildman–Crippen MR) is 220 cm³/mol. The van der Waals surface area contributed by atoms with Crippen LogP contribution in [0.5, 0.6) is 0 Å². The highest BCUT2D eigenvalue weighted by Crippen LogP contribution is 2.39. The van der Waals surface area contributed by atoms with E-state index in [4.69, 9.17) is 9.98 Å². The van der Waals surface area contributed by atoms with Gasteiger partial charge in [-0.3, -0.25) is 0 Å². The number of hydrogen-bond acceptors (Lipinski definition) is 2. The van der Waals surface area contributed by atoms with Crippen molar-refractivity contribution in [2.45, 2.75) is 6.92 Å². The average Bonchev–Trinajstić information content (AvgIpc) is 3.73. The van der Waals surface area contributed by atoms with E-state index in [1.165, 1.54) is 58.8 Å². The quantitative estimate of drug-likeness (QED) is 0.124. The molecule has 0 aliphatic carbocycles. The number of aromatic nitrogens is 1. The van der Waals surface area contributed by atoms with Gasteiger partial charge < -0.3 is 4.57 Å². The molecule has 51 heavy (non-hydrogen) atoms. The highest BCUT2D eigenvalue weighted by molar-refractivity contribution is 7.25. The number of aliphatic imine (C=N–C) groups is 2. The second-order valence-electron chi connectivity index (χ2n) is 12.8. The van der Waals surface area contributed by atoms with Crippen LogP contribution in [0.3, 0.4) is 0 Å². The minimum atomic E-state index is 0.642. The molecule has 0 bridgehead atoms. The maximum atomic E-state index is 5.03. The van der Waals surface area contributed by atoms with Crippen molar-refractivity contribution < 1.29 is 0 Å². The van der Waals surface area contributed by atoms with E-state index in [1.54, 1.807) is 0 Å². The van der Waals surface area contributed by atoms with Gasteiger partial charge in [-0.1, -0.05) is 122 Å². The number of para-hydroxylation sites is 2. The molecule has 4 heteroatoms. The van der Waals surface area contributed by atoms with Crippen molar-refractivity contribution in [3.8, 4) is 16.8 Å². The molecular weight excluding hydrogens is 639 g/mol. The molecule has 0 saturated heterocycles. The summed E-state index contributed by atoms with van der Waals surface area (Å²) < 4.78 is 4.86. The molecule has 2 aromatic heterocycles. The fourth-order valence-electron chi connectivity index (χ4n) is 6.98. The highest BCUT2D eigenvalue weighted by Gasteiger charge is 2.15. The van der Waals surface area contributed by atoms with Crippen LogP contribution in [-0.4, -0.2) is 16.1 Å². The van der Waals surface area contributed by atoms with Crippen LogP contribution in [0.2, 0.25) is 0 Å². The summed E-state index contributed by atoms with van der Waals surface area (Å²) in [4.78, 5) is 10.0. The van der Waals surface area contributed by atoms with E-state index in [0.29, 0.717) is 11.5 Å². The van der Waals surface area contributed by atoms with Crippen molar-refractivity contribution in [1.82, 2.24) is 4.57 Å². The third-order valence-corrected chi connectivity index (χ3v) is 10.7. The van der Waals surface area contributed by atoms with Gasteiger partial charge in [0.05, 0.1) is 16.7 Å². The molecule has 0 spiro atoms. The summed E-state index contributed by atoms with van der Waals surface area (Å²) >= 11 is 1.82. The number of thiophene rings is 1. The lowest BCUT2D eigenvalue weighted by Gasteiger charge is -2.08. The van der Waals surface area contributed by atoms with Gasteiger partial charge in [0.2, 0.25) is 0 Å². The zero-order valence-corrected chi connectivity index (χ0v) is 28.9. The lowest BCUT2D eigenvalue weighted by atomic mass is 10.00. The minimum absolute atomic E-state index is 0.642. The van der Waals surface area contributed by atoms with E-state index < -0.39 is 0 Å². The summed E-state index contributed by atoms with van der Waals surface area (Å²) in [6.07, 6.45) is 0. The fourth-order valence-corrected chi connectivity index (χ4v) is 8.05. The van der Waals surface area contributed by atoms with E-state index in [1.807, 2.05) is 66.8 Å². The molecule has 9 rings (SSSR count). The van der Waals surface area contributed by atoms with Crippen molar-refractivity contribution >= 4 is 70.6 Å². The molecule has 0 atom stereocenters. The molecule has 0 N–H and O–H groups in total. The maximum absolute atomic E-state index is 5.03. The summed E-state index contributed by atoms with van der Waals surface area (Å²) in [7, 11) is 0. The van der Waals surface area contributed by atoms with Gasteiger partial charge in [-0.05, 0) is 78.2 Å². The van der Waals surface area contributed by atoms with Crippen molar-refractivity contribution in [3.05, 3.63) is 193 Å². The molecule has 9 aromatic rings. The van der Waals surface area contributed by atoms with Gasteiger partial charge in [-0.15, -0.1) is 11.3 Å². The van der Waals surface area contributed by atoms with E-state index in [0.717, 1.165) is 22.4 Å². The van der Waals surface area contributed by atoms with Gasteiger partial charge in [0.1, 0.15) is 0 Å². The topological polar surface area (TPSA) is 29.6 Å². The maximum Gasteiger partial charge on any atom is 0.160 e. The van der Waals surface area contributed by atoms with Gasteiger partial charge in [-0.25, -0.2) is 9.98 Å². The zero-order valence-electron chi connectivity index (χ0n) is 28.1. The Morgan fingerprint density at radius 2 is 1.06 bits per heavy atom. The van der Waals surface area contributed by atoms with Crippen molar-refractivity contribution in [2.75, 3.05) is 0 Å². The van der Waals surface area contributed by atoms with Crippen LogP contribution < -0.4 is 0 Å². The Morgan fingerprint density at radius 1 is 0.490 bits per heavy atom. The third-order valence-electron chi connectivity index (χ3n) is 9.56. The van der Waals surface area contributed by atoms with Crippen LogP contribution in [0, 0.1) is 0 Å². The number of rotatable bonds is 6. The SMILES string of the molecule is C=C(/N=C(\N=C(/C)c1ccccc1)c1ccccc1)c1ccc2sc3ccc(-c4ccc5c(c4)c4ccccc4n5-c4ccccc4)cc3c2c1. The Balaban J connectivity index is 1.12. The largest absolute Gasteiger partial charge is 0.309 e. The Kier molecular flexibility index (Phi) is 7.72. The van der Waals surface area contributed by atoms with Crippen molar-refractivity contribution in [2.24, 2.45) is 9.98 Å². The lowest BCUT2D eigenvalue weighted by Crippen LogP contribution is -2.04. The van der Waals surface area contributed by atoms with E-state index >= 15 is 0 Å². The second kappa shape index (κ2) is 12.8. The number of amidine groups is 1. The Bertz CT molecular complexity index is 2800. The number of benzene rings is 7.